The monoisotopic (exact) mass is 742 g/mol. The van der Waals surface area contributed by atoms with E-state index in [0.29, 0.717) is 17.5 Å². The van der Waals surface area contributed by atoms with Crippen molar-refractivity contribution < 1.29 is 8.83 Å². The van der Waals surface area contributed by atoms with E-state index in [0.717, 1.165) is 105 Å². The highest BCUT2D eigenvalue weighted by Crippen LogP contribution is 2.42. The Morgan fingerprint density at radius 3 is 1.74 bits per heavy atom. The molecular formula is C52H30N4O2. The number of nitrogens with zero attached hydrogens (tertiary/aromatic N) is 4. The molecule has 0 aliphatic rings. The molecule has 0 saturated heterocycles. The average molecular weight is 743 g/mol. The molecule has 0 fully saturated rings. The van der Waals surface area contributed by atoms with Crippen molar-refractivity contribution >= 4 is 65.6 Å². The van der Waals surface area contributed by atoms with Crippen LogP contribution in [0.25, 0.3) is 122 Å². The van der Waals surface area contributed by atoms with Gasteiger partial charge in [-0.25, -0.2) is 19.9 Å². The minimum absolute atomic E-state index is 0.565. The lowest BCUT2D eigenvalue weighted by Crippen LogP contribution is -2.00. The van der Waals surface area contributed by atoms with Crippen molar-refractivity contribution in [1.82, 2.24) is 19.9 Å². The second-order valence-corrected chi connectivity index (χ2v) is 14.5. The third-order valence-corrected chi connectivity index (χ3v) is 11.1. The minimum Gasteiger partial charge on any atom is -0.456 e. The van der Waals surface area contributed by atoms with Gasteiger partial charge in [0.15, 0.2) is 17.5 Å². The van der Waals surface area contributed by atoms with Crippen molar-refractivity contribution in [2.75, 3.05) is 0 Å². The lowest BCUT2D eigenvalue weighted by molar-refractivity contribution is 0.669. The molecule has 12 rings (SSSR count). The summed E-state index contributed by atoms with van der Waals surface area (Å²) in [4.78, 5) is 20.6. The van der Waals surface area contributed by atoms with Gasteiger partial charge in [0, 0.05) is 60.0 Å². The van der Waals surface area contributed by atoms with Crippen LogP contribution in [0.5, 0.6) is 0 Å². The normalized spacial score (nSPS) is 11.8. The van der Waals surface area contributed by atoms with Crippen LogP contribution in [-0.4, -0.2) is 19.9 Å². The van der Waals surface area contributed by atoms with Gasteiger partial charge >= 0.3 is 0 Å². The number of benzene rings is 8. The van der Waals surface area contributed by atoms with E-state index in [2.05, 4.69) is 121 Å². The van der Waals surface area contributed by atoms with Crippen LogP contribution in [-0.2, 0) is 0 Å². The Morgan fingerprint density at radius 2 is 0.914 bits per heavy atom. The van der Waals surface area contributed by atoms with Gasteiger partial charge in [0.2, 0.25) is 0 Å². The molecular weight excluding hydrogens is 713 g/mol. The number of para-hydroxylation sites is 2. The largest absolute Gasteiger partial charge is 0.456 e. The molecule has 0 N–H and O–H groups in total. The molecule has 0 aliphatic carbocycles. The SMILES string of the molecule is c1ccc(-c2ccc(-c3nc(-c4ccc5oc6c(ccc7c(-c8ccccc8)nc8ccccc8c76)c5c4)nc(-c4cccc5oc6ccccc6c45)n3)cc2)cc1. The van der Waals surface area contributed by atoms with Crippen LogP contribution < -0.4 is 0 Å². The molecule has 0 saturated carbocycles. The van der Waals surface area contributed by atoms with E-state index in [1.165, 1.54) is 0 Å². The van der Waals surface area contributed by atoms with Crippen LogP contribution >= 0.6 is 0 Å². The number of pyridine rings is 1. The molecule has 12 aromatic rings. The maximum atomic E-state index is 6.78. The zero-order chi connectivity index (χ0) is 38.2. The van der Waals surface area contributed by atoms with Gasteiger partial charge in [-0.1, -0.05) is 140 Å². The number of aromatic nitrogens is 4. The molecule has 270 valence electrons. The fraction of sp³-hybridized carbons (Fsp3) is 0. The number of furan rings is 2. The van der Waals surface area contributed by atoms with Gasteiger partial charge in [-0.2, -0.15) is 0 Å². The molecule has 0 spiro atoms. The summed E-state index contributed by atoms with van der Waals surface area (Å²) >= 11 is 0. The van der Waals surface area contributed by atoms with Gasteiger partial charge in [-0.3, -0.25) is 0 Å². The second-order valence-electron chi connectivity index (χ2n) is 14.5. The van der Waals surface area contributed by atoms with Crippen molar-refractivity contribution in [3.8, 4) is 56.5 Å². The minimum atomic E-state index is 0.565. The summed E-state index contributed by atoms with van der Waals surface area (Å²) in [5.41, 5.74) is 11.0. The summed E-state index contributed by atoms with van der Waals surface area (Å²) < 4.78 is 13.1. The number of rotatable bonds is 5. The van der Waals surface area contributed by atoms with Crippen molar-refractivity contribution in [1.29, 1.82) is 0 Å². The van der Waals surface area contributed by atoms with Crippen molar-refractivity contribution in [3.63, 3.8) is 0 Å². The first-order valence-electron chi connectivity index (χ1n) is 19.3. The van der Waals surface area contributed by atoms with Crippen molar-refractivity contribution in [3.05, 3.63) is 182 Å². The van der Waals surface area contributed by atoms with Gasteiger partial charge in [0.05, 0.1) is 11.2 Å². The van der Waals surface area contributed by atoms with E-state index < -0.39 is 0 Å². The third-order valence-electron chi connectivity index (χ3n) is 11.1. The van der Waals surface area contributed by atoms with E-state index in [1.54, 1.807) is 0 Å². The van der Waals surface area contributed by atoms with Gasteiger partial charge in [-0.15, -0.1) is 0 Å². The first kappa shape index (κ1) is 32.3. The Bertz CT molecular complexity index is 3560. The van der Waals surface area contributed by atoms with Crippen LogP contribution in [0.2, 0.25) is 0 Å². The summed E-state index contributed by atoms with van der Waals surface area (Å²) in [6, 6.07) is 62.1. The number of fused-ring (bicyclic) bond motifs is 10. The molecule has 58 heavy (non-hydrogen) atoms. The van der Waals surface area contributed by atoms with Gasteiger partial charge < -0.3 is 8.83 Å². The standard InChI is InChI=1S/C52H30N4O2/c1-3-12-31(13-4-1)32-22-24-34(25-23-32)50-54-51(56-52(55-50)40-18-11-21-45-46(40)38-17-8-10-20-43(38)57-45)35-26-29-44-41(30-35)36-27-28-39-47(49(36)58-44)37-16-7-9-19-42(37)53-48(39)33-14-5-2-6-15-33/h1-30H. The van der Waals surface area contributed by atoms with Crippen LogP contribution in [0.1, 0.15) is 0 Å². The zero-order valence-electron chi connectivity index (χ0n) is 30.9. The molecule has 6 heteroatoms. The smallest absolute Gasteiger partial charge is 0.164 e. The van der Waals surface area contributed by atoms with E-state index in [1.807, 2.05) is 60.7 Å². The molecule has 0 atom stereocenters. The highest BCUT2D eigenvalue weighted by Gasteiger charge is 2.21. The number of hydrogen-bond donors (Lipinski definition) is 0. The van der Waals surface area contributed by atoms with Crippen molar-refractivity contribution in [2.45, 2.75) is 0 Å². The lowest BCUT2D eigenvalue weighted by Gasteiger charge is -2.10. The van der Waals surface area contributed by atoms with Crippen LogP contribution in [0.4, 0.5) is 0 Å². The predicted octanol–water partition coefficient (Wildman–Crippen LogP) is 13.7. The third kappa shape index (κ3) is 5.12. The number of hydrogen-bond acceptors (Lipinski definition) is 6. The van der Waals surface area contributed by atoms with Gasteiger partial charge in [0.1, 0.15) is 22.3 Å². The molecule has 0 bridgehead atoms. The Balaban J connectivity index is 1.07. The molecule has 4 aromatic heterocycles. The fourth-order valence-electron chi connectivity index (χ4n) is 8.38. The summed E-state index contributed by atoms with van der Waals surface area (Å²) in [6.07, 6.45) is 0. The molecule has 0 radical (unpaired) electrons. The maximum Gasteiger partial charge on any atom is 0.164 e. The Hall–Kier alpha value is -7.96. The van der Waals surface area contributed by atoms with Crippen LogP contribution in [0, 0.1) is 0 Å². The molecule has 0 unspecified atom stereocenters. The molecule has 8 aromatic carbocycles. The van der Waals surface area contributed by atoms with Gasteiger partial charge in [-0.05, 0) is 53.6 Å². The van der Waals surface area contributed by atoms with E-state index in [-0.39, 0.29) is 0 Å². The Labute approximate surface area is 331 Å². The summed E-state index contributed by atoms with van der Waals surface area (Å²) in [5.74, 6) is 1.72. The van der Waals surface area contributed by atoms with E-state index in [4.69, 9.17) is 28.8 Å². The van der Waals surface area contributed by atoms with Gasteiger partial charge in [0.25, 0.3) is 0 Å². The first-order valence-corrected chi connectivity index (χ1v) is 19.3. The molecule has 6 nitrogen and oxygen atoms in total. The zero-order valence-corrected chi connectivity index (χ0v) is 30.9. The summed E-state index contributed by atoms with van der Waals surface area (Å²) in [5, 5.41) is 7.12. The lowest BCUT2D eigenvalue weighted by atomic mass is 9.97. The molecule has 0 amide bonds. The Morgan fingerprint density at radius 1 is 0.310 bits per heavy atom. The predicted molar refractivity (Wildman–Crippen MR) is 234 cm³/mol. The summed E-state index contributed by atoms with van der Waals surface area (Å²) in [6.45, 7) is 0. The first-order chi connectivity index (χ1) is 28.7. The molecule has 0 aliphatic heterocycles. The maximum absolute atomic E-state index is 6.78. The van der Waals surface area contributed by atoms with E-state index >= 15 is 0 Å². The van der Waals surface area contributed by atoms with Crippen molar-refractivity contribution in [2.24, 2.45) is 0 Å². The topological polar surface area (TPSA) is 77.8 Å². The summed E-state index contributed by atoms with van der Waals surface area (Å²) in [7, 11) is 0. The fourth-order valence-corrected chi connectivity index (χ4v) is 8.38. The highest BCUT2D eigenvalue weighted by atomic mass is 16.3. The Kier molecular flexibility index (Phi) is 7.13. The molecule has 4 heterocycles. The van der Waals surface area contributed by atoms with E-state index in [9.17, 15) is 0 Å². The average Bonchev–Trinajstić information content (AvgIpc) is 3.87. The highest BCUT2D eigenvalue weighted by molar-refractivity contribution is 6.25. The van der Waals surface area contributed by atoms with Crippen LogP contribution in [0.15, 0.2) is 191 Å². The second kappa shape index (κ2) is 12.8. The van der Waals surface area contributed by atoms with Crippen LogP contribution in [0.3, 0.4) is 0 Å². The quantitative estimate of drug-likeness (QED) is 0.163.